The van der Waals surface area contributed by atoms with Crippen LogP contribution in [0.3, 0.4) is 0 Å². The summed E-state index contributed by atoms with van der Waals surface area (Å²) < 4.78 is 0. The predicted molar refractivity (Wildman–Crippen MR) is 54.5 cm³/mol. The van der Waals surface area contributed by atoms with E-state index in [9.17, 15) is 0 Å². The molecule has 0 amide bonds. The number of hydrogen-bond acceptors (Lipinski definition) is 2. The molecule has 0 aliphatic carbocycles. The van der Waals surface area contributed by atoms with Gasteiger partial charge in [0.1, 0.15) is 0 Å². The van der Waals surface area contributed by atoms with Crippen LogP contribution in [0.15, 0.2) is 36.8 Å². The van der Waals surface area contributed by atoms with Gasteiger partial charge in [0.05, 0.1) is 0 Å². The van der Waals surface area contributed by atoms with Gasteiger partial charge in [0.15, 0.2) is 0 Å². The number of nitrogens with one attached hydrogen (secondary N) is 1. The van der Waals surface area contributed by atoms with E-state index in [-0.39, 0.29) is 0 Å². The molecule has 2 nitrogen and oxygen atoms in total. The second-order valence-electron chi connectivity index (χ2n) is 2.62. The fourth-order valence-corrected chi connectivity index (χ4v) is 0.626. The van der Waals surface area contributed by atoms with Crippen LogP contribution in [0.2, 0.25) is 0 Å². The molecule has 12 heavy (non-hydrogen) atoms. The molecule has 0 bridgehead atoms. The van der Waals surface area contributed by atoms with Crippen molar-refractivity contribution in [3.05, 3.63) is 36.8 Å². The van der Waals surface area contributed by atoms with E-state index in [4.69, 9.17) is 0 Å². The third-order valence-electron chi connectivity index (χ3n) is 1.51. The van der Waals surface area contributed by atoms with Gasteiger partial charge in [0, 0.05) is 31.7 Å². The van der Waals surface area contributed by atoms with Gasteiger partial charge in [-0.3, -0.25) is 0 Å². The average molecular weight is 166 g/mol. The molecule has 2 heteroatoms. The van der Waals surface area contributed by atoms with Crippen molar-refractivity contribution in [2.45, 2.75) is 13.8 Å². The van der Waals surface area contributed by atoms with E-state index >= 15 is 0 Å². The number of hydrogen-bond donors (Lipinski definition) is 1. The Hall–Kier alpha value is -1.18. The fourth-order valence-electron chi connectivity index (χ4n) is 0.626. The zero-order valence-electron chi connectivity index (χ0n) is 8.17. The molecule has 0 heterocycles. The van der Waals surface area contributed by atoms with Gasteiger partial charge < -0.3 is 10.2 Å². The number of nitrogens with zero attached hydrogens (tertiary/aromatic N) is 1. The van der Waals surface area contributed by atoms with Crippen molar-refractivity contribution >= 4 is 0 Å². The lowest BCUT2D eigenvalue weighted by Gasteiger charge is -2.09. The molecule has 0 spiro atoms. The molecular formula is C10H18N2. The summed E-state index contributed by atoms with van der Waals surface area (Å²) in [5.74, 6) is 0. The minimum absolute atomic E-state index is 1.02. The van der Waals surface area contributed by atoms with E-state index < -0.39 is 0 Å². The van der Waals surface area contributed by atoms with Crippen LogP contribution in [-0.4, -0.2) is 18.5 Å². The number of allylic oxidation sites excluding steroid dienone is 3. The lowest BCUT2D eigenvalue weighted by Crippen LogP contribution is -2.11. The Bertz CT molecular complexity index is 180. The molecule has 0 aromatic heterocycles. The third-order valence-corrected chi connectivity index (χ3v) is 1.51. The highest BCUT2D eigenvalue weighted by Crippen LogP contribution is 1.87. The molecule has 0 aromatic carbocycles. The molecule has 68 valence electrons. The molecule has 0 saturated heterocycles. The van der Waals surface area contributed by atoms with Crippen molar-refractivity contribution in [1.82, 2.24) is 10.2 Å². The van der Waals surface area contributed by atoms with Gasteiger partial charge in [-0.2, -0.15) is 0 Å². The van der Waals surface area contributed by atoms with Crippen LogP contribution < -0.4 is 5.32 Å². The molecule has 0 aromatic rings. The highest BCUT2D eigenvalue weighted by atomic mass is 15.1. The van der Waals surface area contributed by atoms with Crippen molar-refractivity contribution < 1.29 is 0 Å². The first kappa shape index (κ1) is 10.8. The second-order valence-corrected chi connectivity index (χ2v) is 2.62. The zero-order valence-corrected chi connectivity index (χ0v) is 8.17. The van der Waals surface area contributed by atoms with Crippen LogP contribution in [-0.2, 0) is 0 Å². The molecule has 0 atom stereocenters. The third kappa shape index (κ3) is 5.59. The largest absolute Gasteiger partial charge is 0.380 e. The van der Waals surface area contributed by atoms with Crippen LogP contribution in [0, 0.1) is 0 Å². The molecule has 1 N–H and O–H groups in total. The van der Waals surface area contributed by atoms with Crippen molar-refractivity contribution in [1.29, 1.82) is 0 Å². The molecule has 0 rings (SSSR count). The minimum Gasteiger partial charge on any atom is -0.380 e. The summed E-state index contributed by atoms with van der Waals surface area (Å²) in [5.41, 5.74) is 1.09. The highest BCUT2D eigenvalue weighted by molar-refractivity contribution is 5.08. The lowest BCUT2D eigenvalue weighted by atomic mass is 10.4. The van der Waals surface area contributed by atoms with Crippen molar-refractivity contribution in [2.75, 3.05) is 13.6 Å². The highest BCUT2D eigenvalue weighted by Gasteiger charge is 1.82. The van der Waals surface area contributed by atoms with Gasteiger partial charge >= 0.3 is 0 Å². The van der Waals surface area contributed by atoms with Crippen LogP contribution in [0.5, 0.6) is 0 Å². The van der Waals surface area contributed by atoms with E-state index in [1.807, 2.05) is 32.4 Å². The second kappa shape index (κ2) is 6.53. The standard InChI is InChI=1S/C10H18N2/c1-5-7-10(3)11-8-9-12(4)6-2/h5,7-9,11H,1,6H2,2-4H3/b9-8-,10-7+. The van der Waals surface area contributed by atoms with E-state index in [2.05, 4.69) is 23.7 Å². The molecule has 0 fully saturated rings. The molecule has 0 aliphatic rings. The topological polar surface area (TPSA) is 15.3 Å². The Morgan fingerprint density at radius 2 is 2.25 bits per heavy atom. The maximum absolute atomic E-state index is 3.61. The van der Waals surface area contributed by atoms with Crippen LogP contribution in [0.25, 0.3) is 0 Å². The summed E-state index contributed by atoms with van der Waals surface area (Å²) in [6, 6.07) is 0. The quantitative estimate of drug-likeness (QED) is 0.629. The van der Waals surface area contributed by atoms with Gasteiger partial charge in [-0.15, -0.1) is 0 Å². The Kier molecular flexibility index (Phi) is 5.88. The Balaban J connectivity index is 3.73. The molecule has 0 aliphatic heterocycles. The zero-order chi connectivity index (χ0) is 9.40. The normalized spacial score (nSPS) is 11.8. The fraction of sp³-hybridized carbons (Fsp3) is 0.400. The van der Waals surface area contributed by atoms with Gasteiger partial charge in [-0.25, -0.2) is 0 Å². The van der Waals surface area contributed by atoms with Crippen molar-refractivity contribution in [3.8, 4) is 0 Å². The average Bonchev–Trinajstić information content (AvgIpc) is 2.04. The Labute approximate surface area is 75.3 Å². The first-order valence-corrected chi connectivity index (χ1v) is 4.13. The SMILES string of the molecule is C=C/C=C(\C)N/C=C\N(C)CC. The van der Waals surface area contributed by atoms with E-state index in [0.29, 0.717) is 0 Å². The maximum Gasteiger partial charge on any atom is 0.0168 e. The van der Waals surface area contributed by atoms with Crippen molar-refractivity contribution in [3.63, 3.8) is 0 Å². The summed E-state index contributed by atoms with van der Waals surface area (Å²) in [4.78, 5) is 2.09. The number of rotatable bonds is 5. The first-order valence-electron chi connectivity index (χ1n) is 4.13. The maximum atomic E-state index is 3.61. The van der Waals surface area contributed by atoms with Gasteiger partial charge in [-0.1, -0.05) is 12.7 Å². The predicted octanol–water partition coefficient (Wildman–Crippen LogP) is 2.09. The van der Waals surface area contributed by atoms with E-state index in [0.717, 1.165) is 12.2 Å². The first-order chi connectivity index (χ1) is 5.70. The Morgan fingerprint density at radius 3 is 2.75 bits per heavy atom. The monoisotopic (exact) mass is 166 g/mol. The van der Waals surface area contributed by atoms with Gasteiger partial charge in [-0.05, 0) is 19.9 Å². The van der Waals surface area contributed by atoms with Gasteiger partial charge in [0.2, 0.25) is 0 Å². The van der Waals surface area contributed by atoms with E-state index in [1.54, 1.807) is 6.08 Å². The summed E-state index contributed by atoms with van der Waals surface area (Å²) in [7, 11) is 2.03. The Morgan fingerprint density at radius 1 is 1.58 bits per heavy atom. The summed E-state index contributed by atoms with van der Waals surface area (Å²) >= 11 is 0. The smallest absolute Gasteiger partial charge is 0.0168 e. The minimum atomic E-state index is 1.02. The molecule has 0 saturated carbocycles. The van der Waals surface area contributed by atoms with Crippen molar-refractivity contribution in [2.24, 2.45) is 0 Å². The van der Waals surface area contributed by atoms with Crippen LogP contribution in [0.1, 0.15) is 13.8 Å². The summed E-state index contributed by atoms with van der Waals surface area (Å²) in [6.45, 7) is 8.73. The van der Waals surface area contributed by atoms with Crippen LogP contribution >= 0.6 is 0 Å². The lowest BCUT2D eigenvalue weighted by molar-refractivity contribution is 0.481. The molecular weight excluding hydrogens is 148 g/mol. The molecule has 0 radical (unpaired) electrons. The van der Waals surface area contributed by atoms with E-state index in [1.165, 1.54) is 0 Å². The summed E-state index contributed by atoms with van der Waals surface area (Å²) in [5, 5.41) is 3.12. The van der Waals surface area contributed by atoms with Crippen LogP contribution in [0.4, 0.5) is 0 Å². The van der Waals surface area contributed by atoms with Gasteiger partial charge in [0.25, 0.3) is 0 Å². The molecule has 0 unspecified atom stereocenters. The summed E-state index contributed by atoms with van der Waals surface area (Å²) in [6.07, 6.45) is 7.61.